The Balaban J connectivity index is 0.000000402. The van der Waals surface area contributed by atoms with Gasteiger partial charge in [-0.25, -0.2) is 13.1 Å². The van der Waals surface area contributed by atoms with Gasteiger partial charge in [0.25, 0.3) is 0 Å². The predicted molar refractivity (Wildman–Crippen MR) is 153 cm³/mol. The lowest BCUT2D eigenvalue weighted by atomic mass is 10.3. The summed E-state index contributed by atoms with van der Waals surface area (Å²) in [5, 5.41) is 16.0. The monoisotopic (exact) mass is 545 g/mol. The summed E-state index contributed by atoms with van der Waals surface area (Å²) < 4.78 is 31.9. The van der Waals surface area contributed by atoms with Crippen LogP contribution in [0.3, 0.4) is 0 Å². The fourth-order valence-electron chi connectivity index (χ4n) is 3.27. The van der Waals surface area contributed by atoms with Crippen LogP contribution in [0.5, 0.6) is 5.75 Å². The lowest BCUT2D eigenvalue weighted by molar-refractivity contribution is 0.561. The molecule has 12 heteroatoms. The smallest absolute Gasteiger partial charge is 0.240 e. The Kier molecular flexibility index (Phi) is 12.1. The highest BCUT2D eigenvalue weighted by molar-refractivity contribution is 7.89. The zero-order chi connectivity index (χ0) is 27.3. The highest BCUT2D eigenvalue weighted by atomic mass is 32.2. The first-order valence-corrected chi connectivity index (χ1v) is 13.9. The molecule has 0 fully saturated rings. The van der Waals surface area contributed by atoms with Crippen molar-refractivity contribution in [3.63, 3.8) is 0 Å². The SMILES string of the molecule is CC(=S)Oc1ccccc1.CCCN(CCC)c1n[nH]c(N)c1N=Nc1cccc(S(=O)(=O)NCC)c1. The molecule has 0 saturated carbocycles. The maximum absolute atomic E-state index is 12.1. The number of azo groups is 1. The molecule has 1 aromatic heterocycles. The number of H-pyrrole nitrogens is 1. The van der Waals surface area contributed by atoms with Gasteiger partial charge in [-0.3, -0.25) is 5.10 Å². The summed E-state index contributed by atoms with van der Waals surface area (Å²) in [6.07, 6.45) is 1.93. The number of nitrogens with zero attached hydrogens (tertiary/aromatic N) is 4. The van der Waals surface area contributed by atoms with Crippen molar-refractivity contribution < 1.29 is 13.2 Å². The Labute approximate surface area is 224 Å². The van der Waals surface area contributed by atoms with Crippen LogP contribution in [0, 0.1) is 0 Å². The molecule has 3 rings (SSSR count). The lowest BCUT2D eigenvalue weighted by Gasteiger charge is -2.21. The Morgan fingerprint density at radius 2 is 1.76 bits per heavy atom. The first-order valence-electron chi connectivity index (χ1n) is 12.1. The van der Waals surface area contributed by atoms with Crippen molar-refractivity contribution >= 4 is 50.3 Å². The number of benzene rings is 2. The highest BCUT2D eigenvalue weighted by Gasteiger charge is 2.17. The molecule has 2 aromatic carbocycles. The fourth-order valence-corrected chi connectivity index (χ4v) is 4.45. The van der Waals surface area contributed by atoms with Gasteiger partial charge in [0.2, 0.25) is 10.0 Å². The van der Waals surface area contributed by atoms with Crippen molar-refractivity contribution in [2.45, 2.75) is 45.4 Å². The van der Waals surface area contributed by atoms with Gasteiger partial charge in [-0.2, -0.15) is 10.2 Å². The maximum Gasteiger partial charge on any atom is 0.240 e. The van der Waals surface area contributed by atoms with Gasteiger partial charge >= 0.3 is 0 Å². The average molecular weight is 546 g/mol. The molecular formula is C25H35N7O3S2. The zero-order valence-corrected chi connectivity index (χ0v) is 23.3. The minimum absolute atomic E-state index is 0.139. The first kappa shape index (κ1) is 29.9. The molecule has 0 aliphatic carbocycles. The minimum atomic E-state index is -3.55. The molecule has 0 unspecified atom stereocenters. The Morgan fingerprint density at radius 3 is 2.35 bits per heavy atom. The van der Waals surface area contributed by atoms with E-state index in [2.05, 4.69) is 43.9 Å². The molecule has 10 nitrogen and oxygen atoms in total. The van der Waals surface area contributed by atoms with E-state index in [1.807, 2.05) is 30.3 Å². The van der Waals surface area contributed by atoms with Crippen molar-refractivity contribution in [2.24, 2.45) is 10.2 Å². The van der Waals surface area contributed by atoms with Crippen molar-refractivity contribution in [1.29, 1.82) is 0 Å². The molecule has 4 N–H and O–H groups in total. The van der Waals surface area contributed by atoms with Gasteiger partial charge < -0.3 is 15.4 Å². The van der Waals surface area contributed by atoms with Crippen LogP contribution in [0.4, 0.5) is 23.0 Å². The molecule has 200 valence electrons. The quantitative estimate of drug-likeness (QED) is 0.206. The predicted octanol–water partition coefficient (Wildman–Crippen LogP) is 5.74. The van der Waals surface area contributed by atoms with Crippen molar-refractivity contribution in [3.05, 3.63) is 54.6 Å². The van der Waals surface area contributed by atoms with Crippen LogP contribution >= 0.6 is 12.2 Å². The molecule has 0 aliphatic heterocycles. The van der Waals surface area contributed by atoms with Crippen molar-refractivity contribution in [1.82, 2.24) is 14.9 Å². The van der Waals surface area contributed by atoms with E-state index < -0.39 is 10.0 Å². The summed E-state index contributed by atoms with van der Waals surface area (Å²) in [6, 6.07) is 15.8. The number of aromatic nitrogens is 2. The number of nitrogen functional groups attached to an aromatic ring is 1. The number of nitrogens with two attached hydrogens (primary N) is 1. The third kappa shape index (κ3) is 9.56. The number of para-hydroxylation sites is 1. The van der Waals surface area contributed by atoms with Crippen LogP contribution in [-0.4, -0.2) is 43.3 Å². The van der Waals surface area contributed by atoms with E-state index in [1.165, 1.54) is 12.1 Å². The van der Waals surface area contributed by atoms with E-state index in [0.717, 1.165) is 31.7 Å². The number of hydrogen-bond acceptors (Lipinski definition) is 9. The molecule has 0 spiro atoms. The fraction of sp³-hybridized carbons (Fsp3) is 0.360. The third-order valence-electron chi connectivity index (χ3n) is 4.77. The van der Waals surface area contributed by atoms with Gasteiger partial charge in [0, 0.05) is 26.6 Å². The van der Waals surface area contributed by atoms with Crippen LogP contribution in [0.2, 0.25) is 0 Å². The van der Waals surface area contributed by atoms with Gasteiger partial charge in [-0.15, -0.1) is 5.11 Å². The van der Waals surface area contributed by atoms with Gasteiger partial charge in [0.1, 0.15) is 11.6 Å². The van der Waals surface area contributed by atoms with E-state index in [9.17, 15) is 8.42 Å². The second-order valence-electron chi connectivity index (χ2n) is 7.90. The molecular weight excluding hydrogens is 510 g/mol. The number of aromatic amines is 1. The number of nitrogens with one attached hydrogen (secondary N) is 2. The summed E-state index contributed by atoms with van der Waals surface area (Å²) >= 11 is 4.76. The normalized spacial score (nSPS) is 11.1. The molecule has 3 aromatic rings. The van der Waals surface area contributed by atoms with Gasteiger partial charge in [0.05, 0.1) is 10.6 Å². The largest absolute Gasteiger partial charge is 0.451 e. The molecule has 0 saturated heterocycles. The standard InChI is InChI=1S/C17H27N7O2S.C8H8OS/c1-4-10-24(11-5-2)17-15(16(18)22-23-17)21-20-13-8-7-9-14(12-13)27(25,26)19-6-3;1-7(10)9-8-5-3-2-4-6-8/h7-9,12,19H,4-6,10-11H2,1-3H3,(H3,18,22,23);2-6H,1H3. The molecule has 0 atom stereocenters. The van der Waals surface area contributed by atoms with E-state index >= 15 is 0 Å². The summed E-state index contributed by atoms with van der Waals surface area (Å²) in [7, 11) is -3.55. The Hall–Kier alpha value is -3.35. The maximum atomic E-state index is 12.1. The molecule has 0 radical (unpaired) electrons. The van der Waals surface area contributed by atoms with Crippen molar-refractivity contribution in [2.75, 3.05) is 30.3 Å². The third-order valence-corrected chi connectivity index (χ3v) is 6.39. The highest BCUT2D eigenvalue weighted by Crippen LogP contribution is 2.33. The summed E-state index contributed by atoms with van der Waals surface area (Å²) in [4.78, 5) is 2.24. The van der Waals surface area contributed by atoms with E-state index in [4.69, 9.17) is 22.7 Å². The van der Waals surface area contributed by atoms with E-state index in [1.54, 1.807) is 26.0 Å². The van der Waals surface area contributed by atoms with E-state index in [-0.39, 0.29) is 4.90 Å². The van der Waals surface area contributed by atoms with Gasteiger partial charge in [-0.1, -0.05) is 45.0 Å². The lowest BCUT2D eigenvalue weighted by Crippen LogP contribution is -2.25. The number of anilines is 2. The van der Waals surface area contributed by atoms with Crippen molar-refractivity contribution in [3.8, 4) is 5.75 Å². The van der Waals surface area contributed by atoms with Crippen LogP contribution in [0.15, 0.2) is 69.7 Å². The molecule has 0 aliphatic rings. The minimum Gasteiger partial charge on any atom is -0.451 e. The summed E-state index contributed by atoms with van der Waals surface area (Å²) in [5.41, 5.74) is 6.84. The number of ether oxygens (including phenoxy) is 1. The molecule has 0 amide bonds. The Morgan fingerprint density at radius 1 is 1.08 bits per heavy atom. The summed E-state index contributed by atoms with van der Waals surface area (Å²) in [5.74, 6) is 1.77. The van der Waals surface area contributed by atoms with Crippen LogP contribution in [0.1, 0.15) is 40.5 Å². The van der Waals surface area contributed by atoms with Crippen LogP contribution < -0.4 is 20.1 Å². The van der Waals surface area contributed by atoms with E-state index in [0.29, 0.717) is 34.6 Å². The first-order chi connectivity index (χ1) is 17.7. The number of hydrogen-bond donors (Lipinski definition) is 3. The average Bonchev–Trinajstić information content (AvgIpc) is 3.23. The number of sulfonamides is 1. The van der Waals surface area contributed by atoms with Gasteiger partial charge in [0.15, 0.2) is 16.6 Å². The second kappa shape index (κ2) is 15.0. The molecule has 0 bridgehead atoms. The zero-order valence-electron chi connectivity index (χ0n) is 21.6. The number of thiocarbonyl (C=S) groups is 1. The number of rotatable bonds is 11. The van der Waals surface area contributed by atoms with Crippen LogP contribution in [-0.2, 0) is 10.0 Å². The van der Waals surface area contributed by atoms with Crippen LogP contribution in [0.25, 0.3) is 0 Å². The molecule has 37 heavy (non-hydrogen) atoms. The summed E-state index contributed by atoms with van der Waals surface area (Å²) in [6.45, 7) is 9.64. The topological polar surface area (TPSA) is 138 Å². The second-order valence-corrected chi connectivity index (χ2v) is 10.2. The molecule has 1 heterocycles. The van der Waals surface area contributed by atoms with Gasteiger partial charge in [-0.05, 0) is 55.4 Å². The Bertz CT molecular complexity index is 1260.